The fourth-order valence-corrected chi connectivity index (χ4v) is 4.46. The van der Waals surface area contributed by atoms with Crippen molar-refractivity contribution >= 4 is 28.6 Å². The number of amides is 1. The third-order valence-electron chi connectivity index (χ3n) is 6.24. The highest BCUT2D eigenvalue weighted by atomic mass is 16.5. The Balaban J connectivity index is 1.73. The predicted molar refractivity (Wildman–Crippen MR) is 139 cm³/mol. The van der Waals surface area contributed by atoms with E-state index in [-0.39, 0.29) is 12.4 Å². The maximum absolute atomic E-state index is 13.5. The van der Waals surface area contributed by atoms with E-state index in [0.29, 0.717) is 28.9 Å². The molecule has 8 nitrogen and oxygen atoms in total. The Morgan fingerprint density at radius 3 is 2.56 bits per heavy atom. The van der Waals surface area contributed by atoms with Crippen molar-refractivity contribution in [3.05, 3.63) is 64.8 Å². The number of carbonyl (C=O) groups is 2. The molecule has 3 heterocycles. The summed E-state index contributed by atoms with van der Waals surface area (Å²) < 4.78 is 7.07. The highest BCUT2D eigenvalue weighted by Crippen LogP contribution is 2.30. The van der Waals surface area contributed by atoms with Gasteiger partial charge in [0.1, 0.15) is 0 Å². The van der Waals surface area contributed by atoms with Crippen molar-refractivity contribution in [3.8, 4) is 17.5 Å². The molecule has 1 aliphatic rings. The standard InChI is InChI=1S/C28H29N5O3/c1-20-26(25(34)19-32-14-6-5-7-15-32)27-24(33(20)23-12-10-22(29-2)11-13-23)17-21(18-30-27)9-8-16-36-28(35)31(3)4/h10-13,17-18H,5-7,14-16,19H2,1,3-4H3. The zero-order chi connectivity index (χ0) is 25.7. The zero-order valence-electron chi connectivity index (χ0n) is 20.9. The number of likely N-dealkylation sites (tertiary alicyclic amines) is 1. The molecule has 0 N–H and O–H groups in total. The van der Waals surface area contributed by atoms with E-state index in [1.54, 1.807) is 32.4 Å². The first-order valence-electron chi connectivity index (χ1n) is 12.0. The molecule has 0 bridgehead atoms. The third kappa shape index (κ3) is 5.40. The van der Waals surface area contributed by atoms with E-state index in [0.717, 1.165) is 42.8 Å². The fraction of sp³-hybridized carbons (Fsp3) is 0.357. The van der Waals surface area contributed by atoms with Gasteiger partial charge in [0, 0.05) is 37.2 Å². The Morgan fingerprint density at radius 2 is 1.89 bits per heavy atom. The minimum atomic E-state index is -0.456. The van der Waals surface area contributed by atoms with Crippen LogP contribution < -0.4 is 0 Å². The minimum Gasteiger partial charge on any atom is -0.436 e. The SMILES string of the molecule is [C-]#[N+]c1ccc(-n2c(C)c(C(=O)CN3CCCCC3)c3ncc(C#CCOC(=O)N(C)C)cc32)cc1. The number of fused-ring (bicyclic) bond motifs is 1. The summed E-state index contributed by atoms with van der Waals surface area (Å²) in [6.45, 7) is 11.4. The van der Waals surface area contributed by atoms with Crippen molar-refractivity contribution < 1.29 is 14.3 Å². The van der Waals surface area contributed by atoms with Gasteiger partial charge in [-0.25, -0.2) is 9.64 Å². The second kappa shape index (κ2) is 11.1. The second-order valence-electron chi connectivity index (χ2n) is 9.03. The van der Waals surface area contributed by atoms with Gasteiger partial charge in [0.25, 0.3) is 0 Å². The van der Waals surface area contributed by atoms with Crippen LogP contribution in [-0.4, -0.2) is 71.6 Å². The van der Waals surface area contributed by atoms with Gasteiger partial charge >= 0.3 is 6.09 Å². The molecule has 1 fully saturated rings. The lowest BCUT2D eigenvalue weighted by Gasteiger charge is -2.25. The molecule has 0 atom stereocenters. The monoisotopic (exact) mass is 483 g/mol. The maximum atomic E-state index is 13.5. The summed E-state index contributed by atoms with van der Waals surface area (Å²) >= 11 is 0. The molecule has 1 aromatic carbocycles. The zero-order valence-corrected chi connectivity index (χ0v) is 20.9. The number of ketones is 1. The van der Waals surface area contributed by atoms with Crippen LogP contribution in [0.15, 0.2) is 36.5 Å². The van der Waals surface area contributed by atoms with Gasteiger partial charge < -0.3 is 14.2 Å². The first-order chi connectivity index (χ1) is 17.4. The number of nitrogens with zero attached hydrogens (tertiary/aromatic N) is 5. The number of Topliss-reactive ketones (excluding diaryl/α,β-unsaturated/α-hetero) is 1. The summed E-state index contributed by atoms with van der Waals surface area (Å²) in [4.78, 5) is 36.8. The van der Waals surface area contributed by atoms with Crippen molar-refractivity contribution in [1.82, 2.24) is 19.4 Å². The third-order valence-corrected chi connectivity index (χ3v) is 6.24. The van der Waals surface area contributed by atoms with Crippen molar-refractivity contribution in [2.24, 2.45) is 0 Å². The molecule has 0 radical (unpaired) electrons. The van der Waals surface area contributed by atoms with Gasteiger partial charge in [-0.15, -0.1) is 0 Å². The summed E-state index contributed by atoms with van der Waals surface area (Å²) in [5, 5.41) is 0. The average molecular weight is 484 g/mol. The van der Waals surface area contributed by atoms with Gasteiger partial charge in [-0.3, -0.25) is 14.7 Å². The molecule has 2 aromatic heterocycles. The van der Waals surface area contributed by atoms with E-state index in [1.165, 1.54) is 11.3 Å². The average Bonchev–Trinajstić information content (AvgIpc) is 3.18. The number of benzene rings is 1. The van der Waals surface area contributed by atoms with Gasteiger partial charge in [-0.1, -0.05) is 30.4 Å². The summed E-state index contributed by atoms with van der Waals surface area (Å²) in [5.74, 6) is 5.90. The van der Waals surface area contributed by atoms with Crippen molar-refractivity contribution in [2.45, 2.75) is 26.2 Å². The van der Waals surface area contributed by atoms with Crippen LogP contribution in [0.4, 0.5) is 10.5 Å². The molecule has 0 saturated carbocycles. The Morgan fingerprint density at radius 1 is 1.17 bits per heavy atom. The summed E-state index contributed by atoms with van der Waals surface area (Å²) in [6.07, 6.45) is 4.63. The molecular weight excluding hydrogens is 454 g/mol. The molecule has 8 heteroatoms. The number of hydrogen-bond acceptors (Lipinski definition) is 5. The number of ether oxygens (including phenoxy) is 1. The number of rotatable bonds is 5. The summed E-state index contributed by atoms with van der Waals surface area (Å²) in [6, 6.07) is 9.17. The van der Waals surface area contributed by atoms with Gasteiger partial charge in [0.2, 0.25) is 0 Å². The molecule has 184 valence electrons. The van der Waals surface area contributed by atoms with E-state index < -0.39 is 6.09 Å². The lowest BCUT2D eigenvalue weighted by atomic mass is 10.1. The number of hydrogen-bond donors (Lipinski definition) is 0. The lowest BCUT2D eigenvalue weighted by Crippen LogP contribution is -2.34. The molecular formula is C28H29N5O3. The molecule has 1 aliphatic heterocycles. The largest absolute Gasteiger partial charge is 0.436 e. The molecule has 4 rings (SSSR count). The molecule has 0 spiro atoms. The summed E-state index contributed by atoms with van der Waals surface area (Å²) in [7, 11) is 3.22. The van der Waals surface area contributed by atoms with E-state index in [1.807, 2.05) is 29.7 Å². The summed E-state index contributed by atoms with van der Waals surface area (Å²) in [5.41, 5.74) is 4.86. The minimum absolute atomic E-state index is 0.0350. The van der Waals surface area contributed by atoms with Crippen LogP contribution in [0, 0.1) is 25.3 Å². The lowest BCUT2D eigenvalue weighted by molar-refractivity contribution is 0.0916. The predicted octanol–water partition coefficient (Wildman–Crippen LogP) is 4.60. The fourth-order valence-electron chi connectivity index (χ4n) is 4.46. The number of aromatic nitrogens is 2. The van der Waals surface area contributed by atoms with Crippen molar-refractivity contribution in [1.29, 1.82) is 0 Å². The van der Waals surface area contributed by atoms with Crippen molar-refractivity contribution in [2.75, 3.05) is 40.3 Å². The molecule has 1 saturated heterocycles. The molecule has 1 amide bonds. The molecule has 3 aromatic rings. The second-order valence-corrected chi connectivity index (χ2v) is 9.03. The van der Waals surface area contributed by atoms with Crippen LogP contribution in [0.1, 0.15) is 40.9 Å². The Hall–Kier alpha value is -4.14. The number of pyridine rings is 1. The van der Waals surface area contributed by atoms with Crippen LogP contribution in [0.2, 0.25) is 0 Å². The Labute approximate surface area is 211 Å². The highest BCUT2D eigenvalue weighted by molar-refractivity contribution is 6.09. The first kappa shape index (κ1) is 25.0. The van der Waals surface area contributed by atoms with Crippen molar-refractivity contribution in [3.63, 3.8) is 0 Å². The van der Waals surface area contributed by atoms with Crippen LogP contribution in [-0.2, 0) is 4.74 Å². The number of piperidine rings is 1. The topological polar surface area (TPSA) is 72.0 Å². The van der Waals surface area contributed by atoms with Crippen LogP contribution in [0.25, 0.3) is 21.6 Å². The molecule has 0 aliphatic carbocycles. The maximum Gasteiger partial charge on any atom is 0.410 e. The molecule has 0 unspecified atom stereocenters. The van der Waals surface area contributed by atoms with Crippen LogP contribution >= 0.6 is 0 Å². The van der Waals surface area contributed by atoms with E-state index in [9.17, 15) is 9.59 Å². The first-order valence-corrected chi connectivity index (χ1v) is 12.0. The van der Waals surface area contributed by atoms with Gasteiger partial charge in [-0.2, -0.15) is 0 Å². The number of carbonyl (C=O) groups excluding carboxylic acids is 2. The van der Waals surface area contributed by atoms with E-state index in [4.69, 9.17) is 11.3 Å². The smallest absolute Gasteiger partial charge is 0.410 e. The normalized spacial score (nSPS) is 13.5. The van der Waals surface area contributed by atoms with Crippen LogP contribution in [0.5, 0.6) is 0 Å². The Kier molecular flexibility index (Phi) is 7.68. The highest BCUT2D eigenvalue weighted by Gasteiger charge is 2.24. The van der Waals surface area contributed by atoms with Crippen LogP contribution in [0.3, 0.4) is 0 Å². The quantitative estimate of drug-likeness (QED) is 0.301. The van der Waals surface area contributed by atoms with E-state index >= 15 is 0 Å². The van der Waals surface area contributed by atoms with E-state index in [2.05, 4.69) is 26.6 Å². The van der Waals surface area contributed by atoms with Gasteiger partial charge in [-0.05, 0) is 51.1 Å². The van der Waals surface area contributed by atoms with Gasteiger partial charge in [0.15, 0.2) is 18.1 Å². The molecule has 36 heavy (non-hydrogen) atoms. The Bertz CT molecular complexity index is 1380. The van der Waals surface area contributed by atoms with Gasteiger partial charge in [0.05, 0.1) is 29.7 Å².